The molecule has 0 bridgehead atoms. The van der Waals surface area contributed by atoms with Crippen LogP contribution in [0.4, 0.5) is 4.39 Å². The molecular formula is C9H11FN2O6. The van der Waals surface area contributed by atoms with Crippen molar-refractivity contribution in [2.75, 3.05) is 6.61 Å². The number of nitrogens with one attached hydrogen (secondary N) is 2. The van der Waals surface area contributed by atoms with E-state index in [2.05, 4.69) is 0 Å². The lowest BCUT2D eigenvalue weighted by Gasteiger charge is -2.14. The van der Waals surface area contributed by atoms with Crippen molar-refractivity contribution >= 4 is 0 Å². The van der Waals surface area contributed by atoms with Gasteiger partial charge in [0.15, 0.2) is 0 Å². The Labute approximate surface area is 98.7 Å². The van der Waals surface area contributed by atoms with Crippen LogP contribution in [0.1, 0.15) is 11.8 Å². The number of ether oxygens (including phenoxy) is 1. The molecule has 5 N–H and O–H groups in total. The van der Waals surface area contributed by atoms with E-state index < -0.39 is 53.8 Å². The molecule has 1 fully saturated rings. The molecule has 0 radical (unpaired) electrons. The Hall–Kier alpha value is -1.55. The van der Waals surface area contributed by atoms with Gasteiger partial charge in [-0.05, 0) is 0 Å². The molecule has 4 atom stereocenters. The lowest BCUT2D eigenvalue weighted by Crippen LogP contribution is -2.34. The molecule has 0 aliphatic carbocycles. The van der Waals surface area contributed by atoms with Crippen LogP contribution in [-0.4, -0.2) is 50.2 Å². The summed E-state index contributed by atoms with van der Waals surface area (Å²) in [6.45, 7) is -0.593. The molecule has 100 valence electrons. The van der Waals surface area contributed by atoms with Gasteiger partial charge in [-0.15, -0.1) is 0 Å². The molecule has 0 spiro atoms. The fourth-order valence-electron chi connectivity index (χ4n) is 1.82. The molecule has 9 heteroatoms. The first-order chi connectivity index (χ1) is 8.45. The molecule has 1 aliphatic rings. The normalized spacial score (nSPS) is 31.8. The van der Waals surface area contributed by atoms with E-state index in [1.54, 1.807) is 4.98 Å². The van der Waals surface area contributed by atoms with E-state index in [0.29, 0.717) is 0 Å². The van der Waals surface area contributed by atoms with Crippen molar-refractivity contribution in [2.45, 2.75) is 24.4 Å². The summed E-state index contributed by atoms with van der Waals surface area (Å²) >= 11 is 0. The summed E-state index contributed by atoms with van der Waals surface area (Å²) < 4.78 is 18.5. The Balaban J connectivity index is 2.45. The van der Waals surface area contributed by atoms with Gasteiger partial charge < -0.3 is 25.0 Å². The maximum absolute atomic E-state index is 13.5. The first-order valence-corrected chi connectivity index (χ1v) is 5.10. The van der Waals surface area contributed by atoms with Gasteiger partial charge in [0, 0.05) is 0 Å². The highest BCUT2D eigenvalue weighted by Crippen LogP contribution is 2.32. The zero-order valence-corrected chi connectivity index (χ0v) is 8.96. The Bertz CT molecular complexity index is 555. The average molecular weight is 262 g/mol. The SMILES string of the molecule is O=c1[nH]c([C@@H]2O[C@H](CO)[C@@H](O)[C@H]2O)c(F)c(=O)[nH]1. The van der Waals surface area contributed by atoms with Crippen molar-refractivity contribution in [1.82, 2.24) is 9.97 Å². The first-order valence-electron chi connectivity index (χ1n) is 5.10. The monoisotopic (exact) mass is 262 g/mol. The van der Waals surface area contributed by atoms with E-state index in [-0.39, 0.29) is 0 Å². The minimum atomic E-state index is -1.56. The minimum Gasteiger partial charge on any atom is -0.394 e. The molecular weight excluding hydrogens is 251 g/mol. The quantitative estimate of drug-likeness (QED) is 0.395. The summed E-state index contributed by atoms with van der Waals surface area (Å²) in [5.41, 5.74) is -2.79. The molecule has 2 heterocycles. The number of aromatic amines is 2. The third-order valence-corrected chi connectivity index (χ3v) is 2.74. The summed E-state index contributed by atoms with van der Waals surface area (Å²) in [6, 6.07) is 0. The van der Waals surface area contributed by atoms with Crippen LogP contribution in [-0.2, 0) is 4.74 Å². The smallest absolute Gasteiger partial charge is 0.326 e. The highest BCUT2D eigenvalue weighted by molar-refractivity contribution is 5.12. The molecule has 2 rings (SSSR count). The van der Waals surface area contributed by atoms with Crippen molar-refractivity contribution in [3.63, 3.8) is 0 Å². The molecule has 1 saturated heterocycles. The third-order valence-electron chi connectivity index (χ3n) is 2.74. The van der Waals surface area contributed by atoms with Crippen molar-refractivity contribution in [1.29, 1.82) is 0 Å². The summed E-state index contributed by atoms with van der Waals surface area (Å²) in [5.74, 6) is -1.32. The van der Waals surface area contributed by atoms with Crippen molar-refractivity contribution in [3.05, 3.63) is 32.3 Å². The van der Waals surface area contributed by atoms with Gasteiger partial charge >= 0.3 is 5.69 Å². The van der Waals surface area contributed by atoms with Crippen molar-refractivity contribution < 1.29 is 24.4 Å². The zero-order valence-electron chi connectivity index (χ0n) is 8.96. The van der Waals surface area contributed by atoms with Crippen LogP contribution in [0.5, 0.6) is 0 Å². The fourth-order valence-corrected chi connectivity index (χ4v) is 1.82. The Morgan fingerprint density at radius 3 is 2.44 bits per heavy atom. The zero-order chi connectivity index (χ0) is 13.4. The number of aliphatic hydroxyl groups is 3. The van der Waals surface area contributed by atoms with Gasteiger partial charge in [-0.1, -0.05) is 0 Å². The lowest BCUT2D eigenvalue weighted by molar-refractivity contribution is -0.0251. The second-order valence-corrected chi connectivity index (χ2v) is 3.89. The summed E-state index contributed by atoms with van der Waals surface area (Å²) in [7, 11) is 0. The van der Waals surface area contributed by atoms with Gasteiger partial charge in [0.2, 0.25) is 5.82 Å². The van der Waals surface area contributed by atoms with Gasteiger partial charge in [0.25, 0.3) is 5.56 Å². The Kier molecular flexibility index (Phi) is 3.30. The van der Waals surface area contributed by atoms with Crippen LogP contribution in [0.3, 0.4) is 0 Å². The van der Waals surface area contributed by atoms with Gasteiger partial charge in [-0.2, -0.15) is 4.39 Å². The number of aliphatic hydroxyl groups excluding tert-OH is 3. The second kappa shape index (κ2) is 4.61. The molecule has 0 saturated carbocycles. The number of rotatable bonds is 2. The van der Waals surface area contributed by atoms with E-state index in [1.165, 1.54) is 0 Å². The topological polar surface area (TPSA) is 136 Å². The number of hydrogen-bond acceptors (Lipinski definition) is 6. The molecule has 1 aromatic heterocycles. The maximum atomic E-state index is 13.5. The van der Waals surface area contributed by atoms with Crippen molar-refractivity contribution in [2.24, 2.45) is 0 Å². The van der Waals surface area contributed by atoms with Crippen LogP contribution in [0.2, 0.25) is 0 Å². The first kappa shape index (κ1) is 12.9. The maximum Gasteiger partial charge on any atom is 0.326 e. The van der Waals surface area contributed by atoms with E-state index in [4.69, 9.17) is 9.84 Å². The Morgan fingerprint density at radius 1 is 1.22 bits per heavy atom. The predicted octanol–water partition coefficient (Wildman–Crippen LogP) is -2.64. The van der Waals surface area contributed by atoms with Crippen LogP contribution in [0.25, 0.3) is 0 Å². The number of hydrogen-bond donors (Lipinski definition) is 5. The predicted molar refractivity (Wildman–Crippen MR) is 54.4 cm³/mol. The average Bonchev–Trinajstić information content (AvgIpc) is 2.61. The molecule has 1 aromatic rings. The fraction of sp³-hybridized carbons (Fsp3) is 0.556. The van der Waals surface area contributed by atoms with Gasteiger partial charge in [-0.3, -0.25) is 9.78 Å². The van der Waals surface area contributed by atoms with E-state index in [0.717, 1.165) is 0 Å². The molecule has 0 aromatic carbocycles. The van der Waals surface area contributed by atoms with E-state index in [9.17, 15) is 24.2 Å². The van der Waals surface area contributed by atoms with Gasteiger partial charge in [0.1, 0.15) is 24.4 Å². The number of halogens is 1. The minimum absolute atomic E-state index is 0.564. The van der Waals surface area contributed by atoms with Crippen molar-refractivity contribution in [3.8, 4) is 0 Å². The summed E-state index contributed by atoms with van der Waals surface area (Å²) in [5, 5.41) is 28.0. The third kappa shape index (κ3) is 1.97. The van der Waals surface area contributed by atoms with Crippen LogP contribution in [0, 0.1) is 5.82 Å². The van der Waals surface area contributed by atoms with E-state index in [1.807, 2.05) is 4.98 Å². The number of H-pyrrole nitrogens is 2. The molecule has 18 heavy (non-hydrogen) atoms. The van der Waals surface area contributed by atoms with E-state index >= 15 is 0 Å². The summed E-state index contributed by atoms with van der Waals surface area (Å²) in [4.78, 5) is 25.7. The van der Waals surface area contributed by atoms with Gasteiger partial charge in [0.05, 0.1) is 12.3 Å². The highest BCUT2D eigenvalue weighted by Gasteiger charge is 2.44. The molecule has 0 unspecified atom stereocenters. The standard InChI is InChI=1S/C9H11FN2O6/c10-3-4(11-9(17)12-8(3)16)7-6(15)5(14)2(1-13)18-7/h2,5-7,13-15H,1H2,(H2,11,12,16,17)/t2-,5-,6-,7+/m1/s1. The molecule has 1 aliphatic heterocycles. The van der Waals surface area contributed by atoms with Crippen LogP contribution >= 0.6 is 0 Å². The van der Waals surface area contributed by atoms with Crippen LogP contribution < -0.4 is 11.2 Å². The summed E-state index contributed by atoms with van der Waals surface area (Å²) in [6.07, 6.45) is -5.55. The van der Waals surface area contributed by atoms with Gasteiger partial charge in [-0.25, -0.2) is 4.79 Å². The molecule has 8 nitrogen and oxygen atoms in total. The Morgan fingerprint density at radius 2 is 1.89 bits per heavy atom. The highest BCUT2D eigenvalue weighted by atomic mass is 19.1. The lowest BCUT2D eigenvalue weighted by atomic mass is 10.1. The number of aromatic nitrogens is 2. The largest absolute Gasteiger partial charge is 0.394 e. The van der Waals surface area contributed by atoms with Crippen LogP contribution in [0.15, 0.2) is 9.59 Å². The second-order valence-electron chi connectivity index (χ2n) is 3.89. The molecule has 0 amide bonds.